The number of imidazole rings is 1. The van der Waals surface area contributed by atoms with Crippen molar-refractivity contribution in [3.05, 3.63) is 47.4 Å². The lowest BCUT2D eigenvalue weighted by Crippen LogP contribution is -2.14. The van der Waals surface area contributed by atoms with Gasteiger partial charge in [0.2, 0.25) is 5.95 Å². The number of carbonyl (C=O) groups is 1. The Morgan fingerprint density at radius 3 is 2.76 bits per heavy atom. The van der Waals surface area contributed by atoms with Crippen LogP contribution in [0.5, 0.6) is 0 Å². The van der Waals surface area contributed by atoms with E-state index < -0.39 is 11.9 Å². The molecular formula is C14H14FN5O. The van der Waals surface area contributed by atoms with E-state index in [-0.39, 0.29) is 5.69 Å². The predicted octanol–water partition coefficient (Wildman–Crippen LogP) is 2.08. The minimum absolute atomic E-state index is 0.233. The van der Waals surface area contributed by atoms with Gasteiger partial charge in [0, 0.05) is 13.2 Å². The maximum atomic E-state index is 14.3. The van der Waals surface area contributed by atoms with E-state index in [2.05, 4.69) is 15.4 Å². The van der Waals surface area contributed by atoms with Gasteiger partial charge in [-0.2, -0.15) is 9.49 Å². The van der Waals surface area contributed by atoms with Crippen LogP contribution in [0.3, 0.4) is 0 Å². The van der Waals surface area contributed by atoms with Crippen LogP contribution in [0.4, 0.5) is 10.1 Å². The van der Waals surface area contributed by atoms with E-state index in [4.69, 9.17) is 0 Å². The van der Waals surface area contributed by atoms with Gasteiger partial charge >= 0.3 is 0 Å². The number of fused-ring (bicyclic) bond motifs is 1. The van der Waals surface area contributed by atoms with Crippen LogP contribution < -0.4 is 5.32 Å². The summed E-state index contributed by atoms with van der Waals surface area (Å²) < 4.78 is 17.2. The maximum absolute atomic E-state index is 14.3. The second kappa shape index (κ2) is 4.69. The molecule has 1 amide bonds. The van der Waals surface area contributed by atoms with Crippen LogP contribution in [0, 0.1) is 19.8 Å². The molecule has 0 bridgehead atoms. The quantitative estimate of drug-likeness (QED) is 0.785. The van der Waals surface area contributed by atoms with Crippen LogP contribution in [0.1, 0.15) is 21.7 Å². The van der Waals surface area contributed by atoms with Gasteiger partial charge in [0.15, 0.2) is 5.69 Å². The Hall–Kier alpha value is -2.70. The van der Waals surface area contributed by atoms with Crippen LogP contribution in [-0.4, -0.2) is 25.1 Å². The Labute approximate surface area is 120 Å². The Bertz CT molecular complexity index is 849. The Balaban J connectivity index is 1.98. The molecule has 6 nitrogen and oxygen atoms in total. The molecule has 1 N–H and O–H groups in total. The molecule has 0 aliphatic heterocycles. The summed E-state index contributed by atoms with van der Waals surface area (Å²) in [5.74, 6) is -1.27. The minimum atomic E-state index is -0.673. The van der Waals surface area contributed by atoms with Crippen molar-refractivity contribution < 1.29 is 9.18 Å². The number of anilines is 1. The predicted molar refractivity (Wildman–Crippen MR) is 75.8 cm³/mol. The van der Waals surface area contributed by atoms with E-state index >= 15 is 0 Å². The molecule has 3 heterocycles. The molecule has 3 aromatic heterocycles. The molecule has 3 rings (SSSR count). The number of hydrogen-bond donors (Lipinski definition) is 1. The standard InChI is InChI=1S/C14H14FN5O/c1-8-4-5-11-18-12(13(15)20(11)7-8)14(21)17-10-6-16-19(3)9(10)2/h4-7H,1-3H3,(H,17,21). The summed E-state index contributed by atoms with van der Waals surface area (Å²) in [6.07, 6.45) is 3.12. The molecule has 3 aromatic rings. The third kappa shape index (κ3) is 2.16. The Morgan fingerprint density at radius 1 is 1.33 bits per heavy atom. The molecule has 0 fully saturated rings. The zero-order valence-corrected chi connectivity index (χ0v) is 11.9. The van der Waals surface area contributed by atoms with Crippen molar-refractivity contribution in [3.8, 4) is 0 Å². The molecule has 0 aliphatic rings. The molecular weight excluding hydrogens is 273 g/mol. The molecule has 0 aliphatic carbocycles. The average Bonchev–Trinajstić information content (AvgIpc) is 2.94. The van der Waals surface area contributed by atoms with Crippen molar-refractivity contribution in [3.63, 3.8) is 0 Å². The van der Waals surface area contributed by atoms with Crippen molar-refractivity contribution in [2.75, 3.05) is 5.32 Å². The lowest BCUT2D eigenvalue weighted by atomic mass is 10.3. The van der Waals surface area contributed by atoms with Gasteiger partial charge in [0.05, 0.1) is 17.6 Å². The number of pyridine rings is 1. The molecule has 0 saturated carbocycles. The first-order valence-corrected chi connectivity index (χ1v) is 6.41. The first-order chi connectivity index (χ1) is 9.97. The Kier molecular flexibility index (Phi) is 2.97. The van der Waals surface area contributed by atoms with Crippen molar-refractivity contribution in [2.45, 2.75) is 13.8 Å². The van der Waals surface area contributed by atoms with Crippen LogP contribution in [0.15, 0.2) is 24.5 Å². The third-order valence-corrected chi connectivity index (χ3v) is 3.41. The molecule has 7 heteroatoms. The Morgan fingerprint density at radius 2 is 2.10 bits per heavy atom. The van der Waals surface area contributed by atoms with Gasteiger partial charge in [-0.05, 0) is 25.5 Å². The first kappa shape index (κ1) is 13.3. The number of hydrogen-bond acceptors (Lipinski definition) is 3. The van der Waals surface area contributed by atoms with Crippen molar-refractivity contribution >= 4 is 17.2 Å². The van der Waals surface area contributed by atoms with E-state index in [0.29, 0.717) is 11.3 Å². The van der Waals surface area contributed by atoms with Gasteiger partial charge in [0.25, 0.3) is 5.91 Å². The molecule has 0 aromatic carbocycles. The summed E-state index contributed by atoms with van der Waals surface area (Å²) in [5, 5.41) is 6.65. The SMILES string of the molecule is Cc1ccc2nc(C(=O)Nc3cnn(C)c3C)c(F)n2c1. The van der Waals surface area contributed by atoms with Gasteiger partial charge < -0.3 is 5.32 Å². The van der Waals surface area contributed by atoms with Gasteiger partial charge in [0.1, 0.15) is 5.65 Å². The van der Waals surface area contributed by atoms with E-state index in [9.17, 15) is 9.18 Å². The zero-order valence-electron chi connectivity index (χ0n) is 11.9. The fraction of sp³-hybridized carbons (Fsp3) is 0.214. The number of rotatable bonds is 2. The summed E-state index contributed by atoms with van der Waals surface area (Å²) in [6, 6.07) is 3.49. The number of carbonyl (C=O) groups excluding carboxylic acids is 1. The number of halogens is 1. The minimum Gasteiger partial charge on any atom is -0.318 e. The molecule has 0 spiro atoms. The van der Waals surface area contributed by atoms with Gasteiger partial charge in [-0.15, -0.1) is 0 Å². The number of aryl methyl sites for hydroxylation is 2. The molecule has 108 valence electrons. The van der Waals surface area contributed by atoms with Crippen molar-refractivity contribution in [2.24, 2.45) is 7.05 Å². The van der Waals surface area contributed by atoms with Crippen LogP contribution in [-0.2, 0) is 7.05 Å². The zero-order chi connectivity index (χ0) is 15.1. The number of nitrogens with zero attached hydrogens (tertiary/aromatic N) is 4. The molecule has 0 radical (unpaired) electrons. The lowest BCUT2D eigenvalue weighted by Gasteiger charge is -2.02. The van der Waals surface area contributed by atoms with E-state index in [0.717, 1.165) is 11.3 Å². The lowest BCUT2D eigenvalue weighted by molar-refractivity contribution is 0.101. The summed E-state index contributed by atoms with van der Waals surface area (Å²) in [7, 11) is 1.76. The maximum Gasteiger partial charge on any atom is 0.279 e. The average molecular weight is 287 g/mol. The number of amides is 1. The summed E-state index contributed by atoms with van der Waals surface area (Å²) in [6.45, 7) is 3.66. The third-order valence-electron chi connectivity index (χ3n) is 3.41. The monoisotopic (exact) mass is 287 g/mol. The highest BCUT2D eigenvalue weighted by atomic mass is 19.1. The van der Waals surface area contributed by atoms with Crippen LogP contribution in [0.25, 0.3) is 5.65 Å². The van der Waals surface area contributed by atoms with E-state index in [1.807, 2.05) is 19.9 Å². The second-order valence-electron chi connectivity index (χ2n) is 4.91. The van der Waals surface area contributed by atoms with Crippen LogP contribution >= 0.6 is 0 Å². The fourth-order valence-corrected chi connectivity index (χ4v) is 2.07. The number of nitrogens with one attached hydrogen (secondary N) is 1. The van der Waals surface area contributed by atoms with Gasteiger partial charge in [-0.25, -0.2) is 4.98 Å². The summed E-state index contributed by atoms with van der Waals surface area (Å²) >= 11 is 0. The highest BCUT2D eigenvalue weighted by molar-refractivity contribution is 6.03. The smallest absolute Gasteiger partial charge is 0.279 e. The highest BCUT2D eigenvalue weighted by Crippen LogP contribution is 2.16. The van der Waals surface area contributed by atoms with Gasteiger partial charge in [-0.3, -0.25) is 13.9 Å². The van der Waals surface area contributed by atoms with Crippen LogP contribution in [0.2, 0.25) is 0 Å². The first-order valence-electron chi connectivity index (χ1n) is 6.41. The largest absolute Gasteiger partial charge is 0.318 e. The topological polar surface area (TPSA) is 64.2 Å². The van der Waals surface area contributed by atoms with Crippen molar-refractivity contribution in [1.82, 2.24) is 19.2 Å². The summed E-state index contributed by atoms with van der Waals surface area (Å²) in [4.78, 5) is 16.2. The van der Waals surface area contributed by atoms with Crippen molar-refractivity contribution in [1.29, 1.82) is 0 Å². The van der Waals surface area contributed by atoms with E-state index in [1.165, 1.54) is 10.6 Å². The van der Waals surface area contributed by atoms with E-state index in [1.54, 1.807) is 24.0 Å². The second-order valence-corrected chi connectivity index (χ2v) is 4.91. The normalized spacial score (nSPS) is 11.0. The van der Waals surface area contributed by atoms with Gasteiger partial charge in [-0.1, -0.05) is 6.07 Å². The number of aromatic nitrogens is 4. The molecule has 0 unspecified atom stereocenters. The molecule has 21 heavy (non-hydrogen) atoms. The molecule has 0 atom stereocenters. The highest BCUT2D eigenvalue weighted by Gasteiger charge is 2.20. The summed E-state index contributed by atoms with van der Waals surface area (Å²) in [5.41, 5.74) is 2.36. The molecule has 0 saturated heterocycles. The fourth-order valence-electron chi connectivity index (χ4n) is 2.07.